The van der Waals surface area contributed by atoms with Gasteiger partial charge in [0.2, 0.25) is 11.9 Å². The highest BCUT2D eigenvalue weighted by Crippen LogP contribution is 2.39. The van der Waals surface area contributed by atoms with Gasteiger partial charge in [-0.15, -0.1) is 0 Å². The molecule has 0 N–H and O–H groups in total. The summed E-state index contributed by atoms with van der Waals surface area (Å²) >= 11 is 0. The fourth-order valence-corrected chi connectivity index (χ4v) is 7.23. The van der Waals surface area contributed by atoms with Crippen molar-refractivity contribution >= 4 is 29.3 Å². The molecule has 0 aliphatic carbocycles. The molecule has 0 radical (unpaired) electrons. The van der Waals surface area contributed by atoms with Crippen LogP contribution < -0.4 is 24.2 Å². The van der Waals surface area contributed by atoms with Crippen molar-refractivity contribution in [2.45, 2.75) is 19.5 Å². The average molecular weight is 743 g/mol. The van der Waals surface area contributed by atoms with E-state index in [9.17, 15) is 4.79 Å². The number of pyridine rings is 1. The minimum atomic E-state index is 0.00418. The van der Waals surface area contributed by atoms with Gasteiger partial charge in [0.25, 0.3) is 5.91 Å². The fourth-order valence-electron chi connectivity index (χ4n) is 7.23. The second-order valence-electron chi connectivity index (χ2n) is 14.0. The number of benzene rings is 2. The molecular formula is C41H46N10O4. The standard InChI is InChI=1S/C41H46N10O4/c1-47-14-16-48(17-15-47)39(52)31-22-33(26-42-23-31)51-13-12-36-37(45-41(46-38(36)51)49-18-20-55-21-19-49)32-24-43-40(44-25-32)50(27-29-4-8-34(53-2)9-5-29)28-30-6-10-35(54-3)11-7-30/h4-11,22-26H,12-21,27-28H2,1-3H3. The average Bonchev–Trinajstić information content (AvgIpc) is 3.68. The molecule has 0 saturated carbocycles. The Morgan fingerprint density at radius 3 is 2.04 bits per heavy atom. The largest absolute Gasteiger partial charge is 0.497 e. The van der Waals surface area contributed by atoms with E-state index < -0.39 is 0 Å². The van der Waals surface area contributed by atoms with E-state index in [0.717, 1.165) is 64.0 Å². The lowest BCUT2D eigenvalue weighted by Gasteiger charge is -2.32. The summed E-state index contributed by atoms with van der Waals surface area (Å²) in [6.07, 6.45) is 7.92. The lowest BCUT2D eigenvalue weighted by atomic mass is 10.1. The van der Waals surface area contributed by atoms with Crippen LogP contribution in [0, 0.1) is 0 Å². The molecule has 3 aromatic heterocycles. The summed E-state index contributed by atoms with van der Waals surface area (Å²) in [5.74, 6) is 3.66. The fraction of sp³-hybridized carbons (Fsp3) is 0.366. The van der Waals surface area contributed by atoms with Gasteiger partial charge in [-0.05, 0) is 54.9 Å². The summed E-state index contributed by atoms with van der Waals surface area (Å²) in [6, 6.07) is 18.0. The van der Waals surface area contributed by atoms with Gasteiger partial charge in [-0.25, -0.2) is 15.0 Å². The van der Waals surface area contributed by atoms with E-state index in [1.54, 1.807) is 20.4 Å². The highest BCUT2D eigenvalue weighted by Gasteiger charge is 2.31. The topological polar surface area (TPSA) is 125 Å². The number of amides is 1. The number of piperazine rings is 1. The molecule has 55 heavy (non-hydrogen) atoms. The Morgan fingerprint density at radius 1 is 0.782 bits per heavy atom. The molecule has 0 unspecified atom stereocenters. The molecule has 0 bridgehead atoms. The first-order valence-corrected chi connectivity index (χ1v) is 18.7. The molecule has 284 valence electrons. The number of hydrogen-bond acceptors (Lipinski definition) is 13. The highest BCUT2D eigenvalue weighted by molar-refractivity contribution is 5.95. The zero-order chi connectivity index (χ0) is 37.7. The van der Waals surface area contributed by atoms with Crippen molar-refractivity contribution in [1.29, 1.82) is 0 Å². The van der Waals surface area contributed by atoms with Crippen LogP contribution in [-0.2, 0) is 24.2 Å². The van der Waals surface area contributed by atoms with E-state index >= 15 is 0 Å². The first-order valence-electron chi connectivity index (χ1n) is 18.7. The molecule has 2 fully saturated rings. The number of carbonyl (C=O) groups is 1. The van der Waals surface area contributed by atoms with Gasteiger partial charge in [-0.3, -0.25) is 9.78 Å². The van der Waals surface area contributed by atoms with Gasteiger partial charge in [0, 0.05) is 88.6 Å². The summed E-state index contributed by atoms with van der Waals surface area (Å²) < 4.78 is 16.4. The molecule has 2 aromatic carbocycles. The third kappa shape index (κ3) is 8.01. The molecule has 0 spiro atoms. The summed E-state index contributed by atoms with van der Waals surface area (Å²) in [6.45, 7) is 7.58. The second-order valence-corrected chi connectivity index (χ2v) is 14.0. The second kappa shape index (κ2) is 16.2. The van der Waals surface area contributed by atoms with E-state index in [1.807, 2.05) is 53.8 Å². The van der Waals surface area contributed by atoms with Gasteiger partial charge in [-0.1, -0.05) is 24.3 Å². The summed E-state index contributed by atoms with van der Waals surface area (Å²) in [5, 5.41) is 0. The lowest BCUT2D eigenvalue weighted by molar-refractivity contribution is 0.0663. The Kier molecular flexibility index (Phi) is 10.7. The number of fused-ring (bicyclic) bond motifs is 1. The van der Waals surface area contributed by atoms with E-state index in [-0.39, 0.29) is 5.91 Å². The number of methoxy groups -OCH3 is 2. The van der Waals surface area contributed by atoms with Crippen molar-refractivity contribution in [1.82, 2.24) is 34.7 Å². The summed E-state index contributed by atoms with van der Waals surface area (Å²) in [7, 11) is 5.42. The maximum atomic E-state index is 13.5. The Morgan fingerprint density at radius 2 is 1.42 bits per heavy atom. The predicted molar refractivity (Wildman–Crippen MR) is 210 cm³/mol. The molecule has 5 aromatic rings. The van der Waals surface area contributed by atoms with Crippen LogP contribution >= 0.6 is 0 Å². The van der Waals surface area contributed by atoms with Crippen molar-refractivity contribution in [2.75, 3.05) is 95.0 Å². The van der Waals surface area contributed by atoms with Gasteiger partial charge in [0.15, 0.2) is 0 Å². The molecule has 3 aliphatic heterocycles. The first kappa shape index (κ1) is 36.1. The van der Waals surface area contributed by atoms with Gasteiger partial charge < -0.3 is 38.7 Å². The monoisotopic (exact) mass is 742 g/mol. The number of hydrogen-bond donors (Lipinski definition) is 0. The zero-order valence-corrected chi connectivity index (χ0v) is 31.6. The maximum absolute atomic E-state index is 13.5. The maximum Gasteiger partial charge on any atom is 0.255 e. The van der Waals surface area contributed by atoms with Crippen LogP contribution in [0.15, 0.2) is 79.4 Å². The first-order chi connectivity index (χ1) is 26.9. The molecular weight excluding hydrogens is 697 g/mol. The van der Waals surface area contributed by atoms with Gasteiger partial charge in [-0.2, -0.15) is 4.98 Å². The molecule has 8 rings (SSSR count). The van der Waals surface area contributed by atoms with E-state index in [4.69, 9.17) is 34.1 Å². The molecule has 3 aliphatic rings. The Bertz CT molecular complexity index is 2040. The van der Waals surface area contributed by atoms with Crippen LogP contribution in [0.3, 0.4) is 0 Å². The van der Waals surface area contributed by atoms with Crippen LogP contribution in [0.25, 0.3) is 11.3 Å². The van der Waals surface area contributed by atoms with Crippen LogP contribution in [0.1, 0.15) is 27.0 Å². The minimum absolute atomic E-state index is 0.00418. The van der Waals surface area contributed by atoms with Crippen LogP contribution in [0.2, 0.25) is 0 Å². The highest BCUT2D eigenvalue weighted by atomic mass is 16.5. The number of rotatable bonds is 11. The van der Waals surface area contributed by atoms with Crippen molar-refractivity contribution in [2.24, 2.45) is 0 Å². The quantitative estimate of drug-likeness (QED) is 0.189. The van der Waals surface area contributed by atoms with E-state index in [2.05, 4.69) is 55.9 Å². The van der Waals surface area contributed by atoms with Gasteiger partial charge in [0.1, 0.15) is 17.3 Å². The Hall–Kier alpha value is -5.86. The van der Waals surface area contributed by atoms with Crippen molar-refractivity contribution in [3.8, 4) is 22.8 Å². The van der Waals surface area contributed by atoms with E-state index in [1.165, 1.54) is 0 Å². The molecule has 0 atom stereocenters. The SMILES string of the molecule is COc1ccc(CN(Cc2ccc(OC)cc2)c2ncc(-c3nc(N4CCOCC4)nc4c3CCN4c3cncc(C(=O)N4CCN(C)CC4)c3)cn2)cc1. The normalized spacial score (nSPS) is 15.9. The molecule has 14 heteroatoms. The molecule has 14 nitrogen and oxygen atoms in total. The van der Waals surface area contributed by atoms with Crippen LogP contribution in [-0.4, -0.2) is 121 Å². The zero-order valence-electron chi connectivity index (χ0n) is 31.6. The minimum Gasteiger partial charge on any atom is -0.497 e. The van der Waals surface area contributed by atoms with Crippen molar-refractivity contribution in [3.63, 3.8) is 0 Å². The lowest BCUT2D eigenvalue weighted by Crippen LogP contribution is -2.47. The van der Waals surface area contributed by atoms with Crippen LogP contribution in [0.4, 0.5) is 23.4 Å². The van der Waals surface area contributed by atoms with E-state index in [0.29, 0.717) is 82.9 Å². The molecule has 2 saturated heterocycles. The number of likely N-dealkylation sites (N-methyl/N-ethyl adjacent to an activating group) is 1. The molecule has 6 heterocycles. The molecule has 1 amide bonds. The van der Waals surface area contributed by atoms with Gasteiger partial charge in [0.05, 0.1) is 50.6 Å². The number of carbonyl (C=O) groups excluding carboxylic acids is 1. The number of aromatic nitrogens is 5. The number of ether oxygens (including phenoxy) is 3. The van der Waals surface area contributed by atoms with Gasteiger partial charge >= 0.3 is 0 Å². The summed E-state index contributed by atoms with van der Waals surface area (Å²) in [5.41, 5.74) is 6.24. The van der Waals surface area contributed by atoms with Crippen molar-refractivity contribution < 1.29 is 19.0 Å². The number of anilines is 4. The number of nitrogens with zero attached hydrogens (tertiary/aromatic N) is 10. The smallest absolute Gasteiger partial charge is 0.255 e. The predicted octanol–water partition coefficient (Wildman–Crippen LogP) is 4.47. The number of morpholine rings is 1. The van der Waals surface area contributed by atoms with Crippen LogP contribution in [0.5, 0.6) is 11.5 Å². The third-order valence-corrected chi connectivity index (χ3v) is 10.4. The van der Waals surface area contributed by atoms with Crippen molar-refractivity contribution in [3.05, 3.63) is 102 Å². The third-order valence-electron chi connectivity index (χ3n) is 10.4. The Labute approximate surface area is 321 Å². The summed E-state index contributed by atoms with van der Waals surface area (Å²) in [4.78, 5) is 48.9. The Balaban J connectivity index is 1.11.